The minimum absolute atomic E-state index is 0.301. The van der Waals surface area contributed by atoms with E-state index in [1.54, 1.807) is 18.2 Å². The molecule has 0 spiro atoms. The zero-order valence-electron chi connectivity index (χ0n) is 6.75. The number of nitrogens with two attached hydrogens (primary N) is 1. The van der Waals surface area contributed by atoms with Gasteiger partial charge in [-0.15, -0.1) is 0 Å². The van der Waals surface area contributed by atoms with Gasteiger partial charge >= 0.3 is 6.09 Å². The molecule has 5 heteroatoms. The highest BCUT2D eigenvalue weighted by atomic mass is 79.9. The highest BCUT2D eigenvalue weighted by Gasteiger charge is 2.03. The van der Waals surface area contributed by atoms with Crippen LogP contribution >= 0.6 is 15.9 Å². The molecule has 0 radical (unpaired) electrons. The number of hydrogen-bond acceptors (Lipinski definition) is 2. The molecule has 1 amide bonds. The first-order valence-electron chi connectivity index (χ1n) is 3.62. The van der Waals surface area contributed by atoms with Gasteiger partial charge in [0.1, 0.15) is 0 Å². The normalized spacial score (nSPS) is 9.69. The van der Waals surface area contributed by atoms with Crippen LogP contribution in [0.2, 0.25) is 0 Å². The second-order valence-corrected chi connectivity index (χ2v) is 3.35. The Labute approximate surface area is 83.9 Å². The van der Waals surface area contributed by atoms with Crippen LogP contribution in [0.25, 0.3) is 0 Å². The number of benzene rings is 1. The third kappa shape index (κ3) is 2.71. The molecule has 0 saturated carbocycles. The van der Waals surface area contributed by atoms with Gasteiger partial charge in [0.15, 0.2) is 0 Å². The van der Waals surface area contributed by atoms with Crippen LogP contribution in [-0.2, 0) is 6.54 Å². The van der Waals surface area contributed by atoms with Gasteiger partial charge in [-0.2, -0.15) is 0 Å². The Morgan fingerprint density at radius 3 is 2.85 bits per heavy atom. The summed E-state index contributed by atoms with van der Waals surface area (Å²) in [6, 6.07) is 5.20. The second-order valence-electron chi connectivity index (χ2n) is 2.44. The number of carbonyl (C=O) groups is 1. The zero-order chi connectivity index (χ0) is 9.84. The fourth-order valence-electron chi connectivity index (χ4n) is 0.968. The molecule has 0 unspecified atom stereocenters. The van der Waals surface area contributed by atoms with Crippen molar-refractivity contribution in [1.29, 1.82) is 0 Å². The lowest BCUT2D eigenvalue weighted by molar-refractivity contribution is 0.209. The molecule has 4 nitrogen and oxygen atoms in total. The molecule has 0 aliphatic heterocycles. The van der Waals surface area contributed by atoms with E-state index in [0.717, 1.165) is 10.0 Å². The van der Waals surface area contributed by atoms with Crippen molar-refractivity contribution in [1.82, 2.24) is 0 Å². The van der Waals surface area contributed by atoms with E-state index in [2.05, 4.69) is 21.2 Å². The Balaban J connectivity index is 2.99. The third-order valence-electron chi connectivity index (χ3n) is 1.53. The van der Waals surface area contributed by atoms with E-state index in [0.29, 0.717) is 12.2 Å². The summed E-state index contributed by atoms with van der Waals surface area (Å²) in [6.45, 7) is 0.301. The topological polar surface area (TPSA) is 75.3 Å². The van der Waals surface area contributed by atoms with E-state index in [-0.39, 0.29) is 0 Å². The summed E-state index contributed by atoms with van der Waals surface area (Å²) in [6.07, 6.45) is -1.09. The molecule has 0 atom stereocenters. The van der Waals surface area contributed by atoms with Gasteiger partial charge in [0.2, 0.25) is 0 Å². The average molecular weight is 245 g/mol. The summed E-state index contributed by atoms with van der Waals surface area (Å²) >= 11 is 3.27. The Morgan fingerprint density at radius 1 is 1.62 bits per heavy atom. The van der Waals surface area contributed by atoms with Gasteiger partial charge in [-0.05, 0) is 23.8 Å². The molecular weight excluding hydrogens is 236 g/mol. The second kappa shape index (κ2) is 4.25. The maximum atomic E-state index is 10.4. The molecule has 0 aliphatic carbocycles. The van der Waals surface area contributed by atoms with Crippen molar-refractivity contribution < 1.29 is 9.90 Å². The first-order valence-corrected chi connectivity index (χ1v) is 4.41. The molecule has 0 bridgehead atoms. The predicted molar refractivity (Wildman–Crippen MR) is 53.7 cm³/mol. The van der Waals surface area contributed by atoms with Gasteiger partial charge in [-0.3, -0.25) is 5.32 Å². The molecule has 1 aromatic carbocycles. The molecule has 0 saturated heterocycles. The van der Waals surface area contributed by atoms with Crippen molar-refractivity contribution in [3.05, 3.63) is 28.2 Å². The predicted octanol–water partition coefficient (Wildman–Crippen LogP) is 2.00. The maximum Gasteiger partial charge on any atom is 0.409 e. The molecule has 13 heavy (non-hydrogen) atoms. The molecule has 0 fully saturated rings. The number of amides is 1. The molecule has 1 rings (SSSR count). The molecule has 1 aromatic rings. The van der Waals surface area contributed by atoms with Crippen LogP contribution in [0.5, 0.6) is 0 Å². The average Bonchev–Trinajstić information content (AvgIpc) is 2.07. The Hall–Kier alpha value is -1.07. The van der Waals surface area contributed by atoms with Gasteiger partial charge < -0.3 is 10.8 Å². The van der Waals surface area contributed by atoms with Crippen molar-refractivity contribution in [2.75, 3.05) is 5.32 Å². The number of hydrogen-bond donors (Lipinski definition) is 3. The fourth-order valence-corrected chi connectivity index (χ4v) is 1.38. The molecule has 4 N–H and O–H groups in total. The molecule has 0 heterocycles. The summed E-state index contributed by atoms with van der Waals surface area (Å²) in [4.78, 5) is 10.4. The smallest absolute Gasteiger partial charge is 0.409 e. The van der Waals surface area contributed by atoms with Crippen LogP contribution < -0.4 is 11.1 Å². The highest BCUT2D eigenvalue weighted by Crippen LogP contribution is 2.20. The first kappa shape index (κ1) is 10.0. The summed E-state index contributed by atoms with van der Waals surface area (Å²) in [5, 5.41) is 10.8. The standard InChI is InChI=1S/C8H9BrN2O2/c9-6-1-2-7(11-8(12)13)5(3-6)4-10/h1-3,11H,4,10H2,(H,12,13). The van der Waals surface area contributed by atoms with Gasteiger partial charge in [-0.25, -0.2) is 4.79 Å². The summed E-state index contributed by atoms with van der Waals surface area (Å²) in [7, 11) is 0. The Bertz CT molecular complexity index is 328. The van der Waals surface area contributed by atoms with E-state index in [1.807, 2.05) is 0 Å². The molecule has 0 aliphatic rings. The number of anilines is 1. The van der Waals surface area contributed by atoms with Crippen molar-refractivity contribution >= 4 is 27.7 Å². The molecule has 70 valence electrons. The molecular formula is C8H9BrN2O2. The van der Waals surface area contributed by atoms with Crippen LogP contribution in [0, 0.1) is 0 Å². The quantitative estimate of drug-likeness (QED) is 0.745. The summed E-state index contributed by atoms with van der Waals surface area (Å²) in [5.74, 6) is 0. The summed E-state index contributed by atoms with van der Waals surface area (Å²) in [5.41, 5.74) is 6.73. The van der Waals surface area contributed by atoms with E-state index in [9.17, 15) is 4.79 Å². The van der Waals surface area contributed by atoms with Gasteiger partial charge in [0, 0.05) is 16.7 Å². The number of carboxylic acid groups (broad SMARTS) is 1. The van der Waals surface area contributed by atoms with Crippen LogP contribution in [0.4, 0.5) is 10.5 Å². The number of halogens is 1. The minimum atomic E-state index is -1.09. The van der Waals surface area contributed by atoms with E-state index in [1.165, 1.54) is 0 Å². The maximum absolute atomic E-state index is 10.4. The lowest BCUT2D eigenvalue weighted by Gasteiger charge is -2.06. The monoisotopic (exact) mass is 244 g/mol. The number of nitrogens with one attached hydrogen (secondary N) is 1. The third-order valence-corrected chi connectivity index (χ3v) is 2.02. The SMILES string of the molecule is NCc1cc(Br)ccc1NC(=O)O. The fraction of sp³-hybridized carbons (Fsp3) is 0.125. The van der Waals surface area contributed by atoms with Gasteiger partial charge in [0.25, 0.3) is 0 Å². The number of rotatable bonds is 2. The van der Waals surface area contributed by atoms with E-state index in [4.69, 9.17) is 10.8 Å². The summed E-state index contributed by atoms with van der Waals surface area (Å²) < 4.78 is 0.879. The van der Waals surface area contributed by atoms with Crippen molar-refractivity contribution in [3.8, 4) is 0 Å². The van der Waals surface area contributed by atoms with Crippen LogP contribution in [0.1, 0.15) is 5.56 Å². The lowest BCUT2D eigenvalue weighted by atomic mass is 10.2. The Morgan fingerprint density at radius 2 is 2.31 bits per heavy atom. The lowest BCUT2D eigenvalue weighted by Crippen LogP contribution is -2.10. The van der Waals surface area contributed by atoms with Crippen LogP contribution in [0.3, 0.4) is 0 Å². The van der Waals surface area contributed by atoms with Crippen LogP contribution in [-0.4, -0.2) is 11.2 Å². The van der Waals surface area contributed by atoms with E-state index >= 15 is 0 Å². The Kier molecular flexibility index (Phi) is 3.27. The molecule has 0 aromatic heterocycles. The largest absolute Gasteiger partial charge is 0.465 e. The van der Waals surface area contributed by atoms with Crippen molar-refractivity contribution in [3.63, 3.8) is 0 Å². The first-order chi connectivity index (χ1) is 6.13. The van der Waals surface area contributed by atoms with E-state index < -0.39 is 6.09 Å². The van der Waals surface area contributed by atoms with Gasteiger partial charge in [-0.1, -0.05) is 15.9 Å². The van der Waals surface area contributed by atoms with Gasteiger partial charge in [0.05, 0.1) is 0 Å². The zero-order valence-corrected chi connectivity index (χ0v) is 8.34. The minimum Gasteiger partial charge on any atom is -0.465 e. The van der Waals surface area contributed by atoms with Crippen LogP contribution in [0.15, 0.2) is 22.7 Å². The van der Waals surface area contributed by atoms with Crippen molar-refractivity contribution in [2.45, 2.75) is 6.54 Å². The highest BCUT2D eigenvalue weighted by molar-refractivity contribution is 9.10. The van der Waals surface area contributed by atoms with Crippen molar-refractivity contribution in [2.24, 2.45) is 5.73 Å².